The second-order valence-electron chi connectivity index (χ2n) is 2.69. The summed E-state index contributed by atoms with van der Waals surface area (Å²) in [5, 5.41) is 6.22. The first-order chi connectivity index (χ1) is 5.70. The van der Waals surface area contributed by atoms with Crippen LogP contribution in [0.3, 0.4) is 0 Å². The quantitative estimate of drug-likeness (QED) is 0.594. The van der Waals surface area contributed by atoms with E-state index in [2.05, 4.69) is 15.2 Å². The Morgan fingerprint density at radius 1 is 1.58 bits per heavy atom. The summed E-state index contributed by atoms with van der Waals surface area (Å²) in [7, 11) is 1.84. The molecule has 0 aliphatic rings. The summed E-state index contributed by atoms with van der Waals surface area (Å²) in [4.78, 5) is 15.1. The second kappa shape index (κ2) is 2.17. The lowest BCUT2D eigenvalue weighted by molar-refractivity contribution is 0.915. The molecule has 62 valence electrons. The van der Waals surface area contributed by atoms with Gasteiger partial charge in [-0.1, -0.05) is 0 Å². The van der Waals surface area contributed by atoms with Gasteiger partial charge in [0.25, 0.3) is 5.56 Å². The fourth-order valence-electron chi connectivity index (χ4n) is 1.26. The minimum atomic E-state index is -0.240. The largest absolute Gasteiger partial charge is 0.332 e. The van der Waals surface area contributed by atoms with Crippen molar-refractivity contribution in [3.8, 4) is 0 Å². The van der Waals surface area contributed by atoms with Crippen LogP contribution in [0.5, 0.6) is 0 Å². The lowest BCUT2D eigenvalue weighted by atomic mass is 10.3. The van der Waals surface area contributed by atoms with E-state index in [1.807, 2.05) is 14.0 Å². The van der Waals surface area contributed by atoms with Gasteiger partial charge in [0, 0.05) is 7.05 Å². The average molecular weight is 164 g/mol. The van der Waals surface area contributed by atoms with Crippen LogP contribution in [0.1, 0.15) is 5.69 Å². The molecule has 0 unspecified atom stereocenters. The van der Waals surface area contributed by atoms with Gasteiger partial charge >= 0.3 is 0 Å². The minimum Gasteiger partial charge on any atom is -0.332 e. The second-order valence-corrected chi connectivity index (χ2v) is 2.69. The predicted molar refractivity (Wildman–Crippen MR) is 43.9 cm³/mol. The highest BCUT2D eigenvalue weighted by Gasteiger charge is 2.06. The van der Waals surface area contributed by atoms with Gasteiger partial charge in [0.05, 0.1) is 17.5 Å². The van der Waals surface area contributed by atoms with E-state index >= 15 is 0 Å². The molecule has 5 nitrogen and oxygen atoms in total. The van der Waals surface area contributed by atoms with Crippen LogP contribution < -0.4 is 5.56 Å². The maximum atomic E-state index is 11.2. The van der Waals surface area contributed by atoms with Crippen molar-refractivity contribution in [3.05, 3.63) is 22.4 Å². The van der Waals surface area contributed by atoms with Gasteiger partial charge in [-0.2, -0.15) is 5.10 Å². The number of nitrogens with zero attached hydrogens (tertiary/aromatic N) is 3. The third kappa shape index (κ3) is 0.761. The van der Waals surface area contributed by atoms with Crippen molar-refractivity contribution in [2.24, 2.45) is 7.05 Å². The Bertz CT molecular complexity index is 482. The zero-order valence-corrected chi connectivity index (χ0v) is 6.83. The SMILES string of the molecule is Cc1n[nH]c(=O)c2ncn(C)c12. The third-order valence-corrected chi connectivity index (χ3v) is 1.82. The maximum Gasteiger partial charge on any atom is 0.292 e. The Balaban J connectivity index is 3.09. The van der Waals surface area contributed by atoms with Gasteiger partial charge < -0.3 is 4.57 Å². The highest BCUT2D eigenvalue weighted by molar-refractivity contribution is 5.75. The van der Waals surface area contributed by atoms with E-state index in [0.29, 0.717) is 5.52 Å². The molecule has 0 aromatic carbocycles. The predicted octanol–water partition coefficient (Wildman–Crippen LogP) is -0.0350. The summed E-state index contributed by atoms with van der Waals surface area (Å²) < 4.78 is 1.78. The Morgan fingerprint density at radius 2 is 2.33 bits per heavy atom. The molecule has 2 rings (SSSR count). The van der Waals surface area contributed by atoms with Crippen LogP contribution in [-0.4, -0.2) is 19.7 Å². The first-order valence-corrected chi connectivity index (χ1v) is 3.56. The van der Waals surface area contributed by atoms with Crippen molar-refractivity contribution in [2.45, 2.75) is 6.92 Å². The molecule has 5 heteroatoms. The standard InChI is InChI=1S/C7H8N4O/c1-4-6-5(7(12)10-9-4)8-3-11(6)2/h3H,1-2H3,(H,10,12). The molecule has 0 radical (unpaired) electrons. The van der Waals surface area contributed by atoms with E-state index in [4.69, 9.17) is 0 Å². The van der Waals surface area contributed by atoms with Crippen molar-refractivity contribution in [3.63, 3.8) is 0 Å². The Morgan fingerprint density at radius 3 is 3.00 bits per heavy atom. The van der Waals surface area contributed by atoms with Crippen molar-refractivity contribution >= 4 is 11.0 Å². The van der Waals surface area contributed by atoms with Crippen LogP contribution >= 0.6 is 0 Å². The van der Waals surface area contributed by atoms with E-state index < -0.39 is 0 Å². The van der Waals surface area contributed by atoms with Crippen molar-refractivity contribution in [1.82, 2.24) is 19.7 Å². The molecule has 0 bridgehead atoms. The highest BCUT2D eigenvalue weighted by atomic mass is 16.1. The Labute approximate surface area is 68.1 Å². The molecule has 0 saturated carbocycles. The van der Waals surface area contributed by atoms with Crippen LogP contribution in [0.4, 0.5) is 0 Å². The van der Waals surface area contributed by atoms with Gasteiger partial charge in [0.1, 0.15) is 0 Å². The number of hydrogen-bond donors (Lipinski definition) is 1. The van der Waals surface area contributed by atoms with Crippen LogP contribution in [0.2, 0.25) is 0 Å². The van der Waals surface area contributed by atoms with Gasteiger partial charge in [-0.3, -0.25) is 4.79 Å². The summed E-state index contributed by atoms with van der Waals surface area (Å²) >= 11 is 0. The van der Waals surface area contributed by atoms with Gasteiger partial charge in [0.2, 0.25) is 0 Å². The van der Waals surface area contributed by atoms with Gasteiger partial charge in [-0.15, -0.1) is 0 Å². The molecular weight excluding hydrogens is 156 g/mol. The summed E-state index contributed by atoms with van der Waals surface area (Å²) in [5.74, 6) is 0. The number of H-pyrrole nitrogens is 1. The molecule has 0 aliphatic heterocycles. The van der Waals surface area contributed by atoms with E-state index in [1.54, 1.807) is 10.9 Å². The third-order valence-electron chi connectivity index (χ3n) is 1.82. The average Bonchev–Trinajstić information content (AvgIpc) is 2.42. The summed E-state index contributed by atoms with van der Waals surface area (Å²) in [6.45, 7) is 1.83. The molecule has 0 amide bonds. The molecular formula is C7H8N4O. The van der Waals surface area contributed by atoms with Crippen molar-refractivity contribution in [1.29, 1.82) is 0 Å². The summed E-state index contributed by atoms with van der Waals surface area (Å²) in [6, 6.07) is 0. The molecule has 0 aliphatic carbocycles. The molecule has 2 heterocycles. The highest BCUT2D eigenvalue weighted by Crippen LogP contribution is 2.08. The van der Waals surface area contributed by atoms with E-state index in [1.165, 1.54) is 0 Å². The molecule has 12 heavy (non-hydrogen) atoms. The van der Waals surface area contributed by atoms with Crippen LogP contribution in [0.25, 0.3) is 11.0 Å². The van der Waals surface area contributed by atoms with Crippen molar-refractivity contribution in [2.75, 3.05) is 0 Å². The monoisotopic (exact) mass is 164 g/mol. The molecule has 0 atom stereocenters. The smallest absolute Gasteiger partial charge is 0.292 e. The zero-order chi connectivity index (χ0) is 8.72. The molecule has 0 saturated heterocycles. The number of aryl methyl sites for hydroxylation is 2. The number of rotatable bonds is 0. The Kier molecular flexibility index (Phi) is 1.27. The van der Waals surface area contributed by atoms with E-state index in [9.17, 15) is 4.79 Å². The molecule has 1 N–H and O–H groups in total. The number of fused-ring (bicyclic) bond motifs is 1. The number of aromatic amines is 1. The normalized spacial score (nSPS) is 10.8. The van der Waals surface area contributed by atoms with Crippen LogP contribution in [-0.2, 0) is 7.05 Å². The van der Waals surface area contributed by atoms with E-state index in [0.717, 1.165) is 11.2 Å². The van der Waals surface area contributed by atoms with E-state index in [-0.39, 0.29) is 5.56 Å². The minimum absolute atomic E-state index is 0.240. The lowest BCUT2D eigenvalue weighted by Gasteiger charge is -1.95. The molecule has 0 spiro atoms. The number of imidazole rings is 1. The zero-order valence-electron chi connectivity index (χ0n) is 6.83. The number of hydrogen-bond acceptors (Lipinski definition) is 3. The number of aromatic nitrogens is 4. The summed E-state index contributed by atoms with van der Waals surface area (Å²) in [6.07, 6.45) is 1.61. The lowest BCUT2D eigenvalue weighted by Crippen LogP contribution is -2.10. The fraction of sp³-hybridized carbons (Fsp3) is 0.286. The topological polar surface area (TPSA) is 63.6 Å². The molecule has 2 aromatic heterocycles. The molecule has 2 aromatic rings. The number of nitrogens with one attached hydrogen (secondary N) is 1. The molecule has 0 fully saturated rings. The first-order valence-electron chi connectivity index (χ1n) is 3.56. The van der Waals surface area contributed by atoms with Crippen LogP contribution in [0.15, 0.2) is 11.1 Å². The van der Waals surface area contributed by atoms with Crippen molar-refractivity contribution < 1.29 is 0 Å². The summed E-state index contributed by atoms with van der Waals surface area (Å²) in [5.41, 5.74) is 1.78. The van der Waals surface area contributed by atoms with Gasteiger partial charge in [0.15, 0.2) is 5.52 Å². The Hall–Kier alpha value is -1.65. The fourth-order valence-corrected chi connectivity index (χ4v) is 1.26. The van der Waals surface area contributed by atoms with Crippen LogP contribution in [0, 0.1) is 6.92 Å². The van der Waals surface area contributed by atoms with Gasteiger partial charge in [-0.05, 0) is 6.92 Å². The first kappa shape index (κ1) is 7.02. The maximum absolute atomic E-state index is 11.2. The van der Waals surface area contributed by atoms with Gasteiger partial charge in [-0.25, -0.2) is 10.1 Å².